The number of nitrogens with zero attached hydrogens (tertiary/aromatic N) is 1. The molecule has 0 radical (unpaired) electrons. The lowest BCUT2D eigenvalue weighted by Gasteiger charge is -2.25. The van der Waals surface area contributed by atoms with E-state index in [-0.39, 0.29) is 12.5 Å². The van der Waals surface area contributed by atoms with E-state index in [1.54, 1.807) is 49.9 Å². The fourth-order valence-corrected chi connectivity index (χ4v) is 3.31. The number of benzene rings is 3. The van der Waals surface area contributed by atoms with E-state index < -0.39 is 23.6 Å². The lowest BCUT2D eigenvalue weighted by atomic mass is 10.1. The molecular formula is C27H29N3O4. The Kier molecular flexibility index (Phi) is 8.03. The highest BCUT2D eigenvalue weighted by molar-refractivity contribution is 6.03. The first kappa shape index (κ1) is 24.5. The molecule has 0 heterocycles. The minimum absolute atomic E-state index is 0.262. The van der Waals surface area contributed by atoms with Gasteiger partial charge in [-0.15, -0.1) is 0 Å². The van der Waals surface area contributed by atoms with Gasteiger partial charge in [-0.05, 0) is 50.6 Å². The molecule has 0 bridgehead atoms. The zero-order chi connectivity index (χ0) is 24.6. The maximum absolute atomic E-state index is 13.2. The monoisotopic (exact) mass is 459 g/mol. The normalized spacial score (nSPS) is 11.7. The molecule has 3 rings (SSSR count). The van der Waals surface area contributed by atoms with Crippen molar-refractivity contribution in [2.45, 2.75) is 32.4 Å². The number of rotatable bonds is 7. The summed E-state index contributed by atoms with van der Waals surface area (Å²) >= 11 is 0. The molecule has 0 aliphatic carbocycles. The summed E-state index contributed by atoms with van der Waals surface area (Å²) in [6.45, 7) is 4.96. The van der Waals surface area contributed by atoms with E-state index in [1.165, 1.54) is 0 Å². The van der Waals surface area contributed by atoms with Gasteiger partial charge in [-0.3, -0.25) is 14.5 Å². The van der Waals surface area contributed by atoms with Gasteiger partial charge in [0.2, 0.25) is 5.91 Å². The number of para-hydroxylation sites is 2. The lowest BCUT2D eigenvalue weighted by Crippen LogP contribution is -2.45. The van der Waals surface area contributed by atoms with Crippen LogP contribution in [0.2, 0.25) is 0 Å². The number of alkyl carbamates (subject to hydrolysis) is 1. The maximum Gasteiger partial charge on any atom is 0.408 e. The molecule has 1 atom stereocenters. The zero-order valence-electron chi connectivity index (χ0n) is 19.5. The topological polar surface area (TPSA) is 87.7 Å². The molecule has 3 aromatic carbocycles. The van der Waals surface area contributed by atoms with E-state index in [0.717, 1.165) is 0 Å². The lowest BCUT2D eigenvalue weighted by molar-refractivity contribution is -0.126. The van der Waals surface area contributed by atoms with Crippen molar-refractivity contribution >= 4 is 29.3 Å². The first-order chi connectivity index (χ1) is 16.2. The van der Waals surface area contributed by atoms with Crippen LogP contribution in [0.25, 0.3) is 0 Å². The highest BCUT2D eigenvalue weighted by Crippen LogP contribution is 2.25. The molecule has 0 aliphatic rings. The van der Waals surface area contributed by atoms with Crippen LogP contribution in [0.15, 0.2) is 91.0 Å². The van der Waals surface area contributed by atoms with Crippen molar-refractivity contribution in [2.24, 2.45) is 0 Å². The Hall–Kier alpha value is -4.13. The molecule has 3 aromatic rings. The van der Waals surface area contributed by atoms with Crippen molar-refractivity contribution in [1.82, 2.24) is 10.6 Å². The van der Waals surface area contributed by atoms with Crippen LogP contribution in [-0.2, 0) is 14.3 Å². The van der Waals surface area contributed by atoms with Gasteiger partial charge >= 0.3 is 6.09 Å². The highest BCUT2D eigenvalue weighted by atomic mass is 16.6. The van der Waals surface area contributed by atoms with Gasteiger partial charge in [0, 0.05) is 11.4 Å². The minimum atomic E-state index is -1.02. The van der Waals surface area contributed by atoms with Crippen molar-refractivity contribution in [3.8, 4) is 0 Å². The second-order valence-electron chi connectivity index (χ2n) is 8.61. The molecule has 176 valence electrons. The number of hydrogen-bond donors (Lipinski definition) is 2. The van der Waals surface area contributed by atoms with Crippen molar-refractivity contribution in [3.05, 3.63) is 96.6 Å². The van der Waals surface area contributed by atoms with Crippen LogP contribution in [0, 0.1) is 0 Å². The molecule has 7 heteroatoms. The van der Waals surface area contributed by atoms with Gasteiger partial charge in [-0.1, -0.05) is 66.7 Å². The summed E-state index contributed by atoms with van der Waals surface area (Å²) in [7, 11) is 0. The zero-order valence-corrected chi connectivity index (χ0v) is 19.5. The molecular weight excluding hydrogens is 430 g/mol. The second-order valence-corrected chi connectivity index (χ2v) is 8.61. The third kappa shape index (κ3) is 6.93. The number of amides is 3. The predicted molar refractivity (Wildman–Crippen MR) is 132 cm³/mol. The van der Waals surface area contributed by atoms with Crippen molar-refractivity contribution in [2.75, 3.05) is 11.4 Å². The van der Waals surface area contributed by atoms with Crippen molar-refractivity contribution in [3.63, 3.8) is 0 Å². The number of anilines is 2. The smallest absolute Gasteiger partial charge is 0.408 e. The summed E-state index contributed by atoms with van der Waals surface area (Å²) in [6, 6.07) is 26.2. The average Bonchev–Trinajstić information content (AvgIpc) is 2.82. The Morgan fingerprint density at radius 2 is 1.26 bits per heavy atom. The first-order valence-corrected chi connectivity index (χ1v) is 11.0. The molecule has 2 N–H and O–H groups in total. The Balaban J connectivity index is 1.76. The average molecular weight is 460 g/mol. The molecule has 0 aliphatic heterocycles. The Labute approximate surface area is 199 Å². The Morgan fingerprint density at radius 1 is 0.794 bits per heavy atom. The van der Waals surface area contributed by atoms with Gasteiger partial charge in [0.15, 0.2) is 0 Å². The molecule has 1 unspecified atom stereocenters. The fraction of sp³-hybridized carbons (Fsp3) is 0.222. The summed E-state index contributed by atoms with van der Waals surface area (Å²) in [5.41, 5.74) is 1.21. The van der Waals surface area contributed by atoms with E-state index in [1.807, 2.05) is 66.7 Å². The van der Waals surface area contributed by atoms with Crippen LogP contribution < -0.4 is 15.5 Å². The van der Waals surface area contributed by atoms with Crippen LogP contribution in [-0.4, -0.2) is 30.1 Å². The number of hydrogen-bond acceptors (Lipinski definition) is 4. The van der Waals surface area contributed by atoms with Crippen LogP contribution in [0.5, 0.6) is 0 Å². The Bertz CT molecular complexity index is 1060. The van der Waals surface area contributed by atoms with Gasteiger partial charge in [0.1, 0.15) is 11.6 Å². The number of nitrogens with one attached hydrogen (secondary N) is 2. The molecule has 0 saturated heterocycles. The van der Waals surface area contributed by atoms with Gasteiger partial charge in [-0.2, -0.15) is 0 Å². The van der Waals surface area contributed by atoms with Gasteiger partial charge in [0.05, 0.1) is 6.54 Å². The van der Waals surface area contributed by atoms with E-state index in [9.17, 15) is 14.4 Å². The summed E-state index contributed by atoms with van der Waals surface area (Å²) in [5, 5.41) is 5.28. The van der Waals surface area contributed by atoms with Crippen LogP contribution in [0.1, 0.15) is 32.4 Å². The second kappa shape index (κ2) is 11.1. The summed E-state index contributed by atoms with van der Waals surface area (Å²) < 4.78 is 5.31. The first-order valence-electron chi connectivity index (χ1n) is 11.0. The van der Waals surface area contributed by atoms with Crippen LogP contribution in [0.4, 0.5) is 16.2 Å². The molecule has 0 spiro atoms. The summed E-state index contributed by atoms with van der Waals surface area (Å²) in [6.07, 6.45) is -0.724. The summed E-state index contributed by atoms with van der Waals surface area (Å²) in [4.78, 5) is 40.2. The molecule has 0 fully saturated rings. The fourth-order valence-electron chi connectivity index (χ4n) is 3.31. The van der Waals surface area contributed by atoms with Crippen molar-refractivity contribution in [1.29, 1.82) is 0 Å². The van der Waals surface area contributed by atoms with Crippen LogP contribution in [0.3, 0.4) is 0 Å². The molecule has 0 aromatic heterocycles. The predicted octanol–water partition coefficient (Wildman–Crippen LogP) is 4.73. The number of carbonyl (C=O) groups excluding carboxylic acids is 3. The van der Waals surface area contributed by atoms with Crippen molar-refractivity contribution < 1.29 is 19.1 Å². The maximum atomic E-state index is 13.2. The molecule has 0 saturated carbocycles. The number of carbonyl (C=O) groups is 3. The third-order valence-corrected chi connectivity index (χ3v) is 4.75. The van der Waals surface area contributed by atoms with E-state index in [2.05, 4.69) is 10.6 Å². The highest BCUT2D eigenvalue weighted by Gasteiger charge is 2.27. The van der Waals surface area contributed by atoms with E-state index >= 15 is 0 Å². The Morgan fingerprint density at radius 3 is 1.74 bits per heavy atom. The largest absolute Gasteiger partial charge is 0.444 e. The van der Waals surface area contributed by atoms with E-state index in [0.29, 0.717) is 16.9 Å². The quantitative estimate of drug-likeness (QED) is 0.535. The standard InChI is InChI=1S/C27H29N3O4/c1-27(2,3)34-26(33)29-24(20-13-7-4-8-14-20)25(32)28-19-23(31)30(21-15-9-5-10-16-21)22-17-11-6-12-18-22/h4-18,24H,19H2,1-3H3,(H,28,32)(H,29,33). The van der Waals surface area contributed by atoms with Gasteiger partial charge in [0.25, 0.3) is 5.91 Å². The van der Waals surface area contributed by atoms with Crippen LogP contribution >= 0.6 is 0 Å². The minimum Gasteiger partial charge on any atom is -0.444 e. The molecule has 7 nitrogen and oxygen atoms in total. The summed E-state index contributed by atoms with van der Waals surface area (Å²) in [5.74, 6) is -0.846. The molecule has 34 heavy (non-hydrogen) atoms. The SMILES string of the molecule is CC(C)(C)OC(=O)NC(C(=O)NCC(=O)N(c1ccccc1)c1ccccc1)c1ccccc1. The van der Waals surface area contributed by atoms with Gasteiger partial charge in [-0.25, -0.2) is 4.79 Å². The number of ether oxygens (including phenoxy) is 1. The third-order valence-electron chi connectivity index (χ3n) is 4.75. The van der Waals surface area contributed by atoms with E-state index in [4.69, 9.17) is 4.74 Å². The van der Waals surface area contributed by atoms with Gasteiger partial charge < -0.3 is 15.4 Å². The molecule has 3 amide bonds.